The van der Waals surface area contributed by atoms with Crippen LogP contribution in [0.25, 0.3) is 11.4 Å². The molecule has 0 saturated heterocycles. The first-order valence-electron chi connectivity index (χ1n) is 8.69. The minimum Gasteiger partial charge on any atom is -0.326 e. The summed E-state index contributed by atoms with van der Waals surface area (Å²) in [6, 6.07) is 12.8. The number of nitrogens with one attached hydrogen (secondary N) is 1. The Morgan fingerprint density at radius 2 is 1.75 bits per heavy atom. The standard InChI is InChI=1S/C20H19FN4O2S/c1-3-18(27)22-16-10-6-14(7-11-16)19-23-24-20(25(19)2)28-12-17(26)13-4-8-15(21)9-5-13/h4-11H,3,12H2,1-2H3,(H,22,27). The second-order valence-electron chi connectivity index (χ2n) is 6.06. The summed E-state index contributed by atoms with van der Waals surface area (Å²) in [5.41, 5.74) is 2.03. The summed E-state index contributed by atoms with van der Waals surface area (Å²) < 4.78 is 14.8. The van der Waals surface area contributed by atoms with Crippen molar-refractivity contribution in [1.82, 2.24) is 14.8 Å². The Bertz CT molecular complexity index is 984. The molecule has 0 aliphatic heterocycles. The SMILES string of the molecule is CCC(=O)Nc1ccc(-c2nnc(SCC(=O)c3ccc(F)cc3)n2C)cc1. The number of nitrogens with zero attached hydrogens (tertiary/aromatic N) is 3. The van der Waals surface area contributed by atoms with Crippen LogP contribution in [0.1, 0.15) is 23.7 Å². The van der Waals surface area contributed by atoms with Crippen molar-refractivity contribution in [2.75, 3.05) is 11.1 Å². The van der Waals surface area contributed by atoms with Gasteiger partial charge in [-0.1, -0.05) is 18.7 Å². The number of hydrogen-bond acceptors (Lipinski definition) is 5. The maximum atomic E-state index is 13.0. The number of ketones is 1. The van der Waals surface area contributed by atoms with Crippen LogP contribution in [-0.4, -0.2) is 32.2 Å². The van der Waals surface area contributed by atoms with Gasteiger partial charge in [0.2, 0.25) is 5.91 Å². The summed E-state index contributed by atoms with van der Waals surface area (Å²) in [6.45, 7) is 1.79. The van der Waals surface area contributed by atoms with Gasteiger partial charge in [0.15, 0.2) is 16.8 Å². The fraction of sp³-hybridized carbons (Fsp3) is 0.200. The number of halogens is 1. The van der Waals surface area contributed by atoms with E-state index in [9.17, 15) is 14.0 Å². The number of Topliss-reactive ketones (excluding diaryl/α,β-unsaturated/α-hetero) is 1. The molecule has 2 aromatic carbocycles. The van der Waals surface area contributed by atoms with Crippen LogP contribution in [0.15, 0.2) is 53.7 Å². The van der Waals surface area contributed by atoms with E-state index in [4.69, 9.17) is 0 Å². The first kappa shape index (κ1) is 19.8. The van der Waals surface area contributed by atoms with Crippen LogP contribution < -0.4 is 5.32 Å². The first-order valence-corrected chi connectivity index (χ1v) is 9.67. The Morgan fingerprint density at radius 1 is 1.07 bits per heavy atom. The highest BCUT2D eigenvalue weighted by molar-refractivity contribution is 7.99. The molecule has 3 aromatic rings. The predicted octanol–water partition coefficient (Wildman–Crippen LogP) is 3.94. The van der Waals surface area contributed by atoms with Gasteiger partial charge in [-0.15, -0.1) is 10.2 Å². The summed E-state index contributed by atoms with van der Waals surface area (Å²) in [5, 5.41) is 11.7. The molecule has 1 amide bonds. The van der Waals surface area contributed by atoms with Gasteiger partial charge in [0.25, 0.3) is 0 Å². The highest BCUT2D eigenvalue weighted by atomic mass is 32.2. The Hall–Kier alpha value is -3.00. The molecule has 144 valence electrons. The summed E-state index contributed by atoms with van der Waals surface area (Å²) in [5.74, 6) is 0.313. The number of amides is 1. The van der Waals surface area contributed by atoms with E-state index >= 15 is 0 Å². The number of carbonyl (C=O) groups excluding carboxylic acids is 2. The van der Waals surface area contributed by atoms with Crippen LogP contribution in [0.2, 0.25) is 0 Å². The number of carbonyl (C=O) groups is 2. The molecule has 0 aliphatic rings. The second kappa shape index (κ2) is 8.79. The number of hydrogen-bond donors (Lipinski definition) is 1. The van der Waals surface area contributed by atoms with Gasteiger partial charge in [-0.25, -0.2) is 4.39 Å². The van der Waals surface area contributed by atoms with E-state index in [2.05, 4.69) is 15.5 Å². The summed E-state index contributed by atoms with van der Waals surface area (Å²) >= 11 is 1.27. The van der Waals surface area contributed by atoms with Gasteiger partial charge in [0.05, 0.1) is 5.75 Å². The Labute approximate surface area is 166 Å². The maximum Gasteiger partial charge on any atom is 0.224 e. The lowest BCUT2D eigenvalue weighted by atomic mass is 10.1. The van der Waals surface area contributed by atoms with Crippen LogP contribution in [0, 0.1) is 5.82 Å². The molecular formula is C20H19FN4O2S. The van der Waals surface area contributed by atoms with Crippen LogP contribution in [0.3, 0.4) is 0 Å². The number of thioether (sulfide) groups is 1. The van der Waals surface area contributed by atoms with Gasteiger partial charge in [0, 0.05) is 30.3 Å². The third-order valence-corrected chi connectivity index (χ3v) is 5.10. The number of anilines is 1. The first-order chi connectivity index (χ1) is 13.5. The van der Waals surface area contributed by atoms with Gasteiger partial charge < -0.3 is 9.88 Å². The number of aromatic nitrogens is 3. The average molecular weight is 398 g/mol. The lowest BCUT2D eigenvalue weighted by Gasteiger charge is -2.06. The zero-order chi connectivity index (χ0) is 20.1. The molecule has 0 fully saturated rings. The third-order valence-electron chi connectivity index (χ3n) is 4.08. The second-order valence-corrected chi connectivity index (χ2v) is 7.01. The normalized spacial score (nSPS) is 10.7. The van der Waals surface area contributed by atoms with Gasteiger partial charge in [0.1, 0.15) is 5.82 Å². The Balaban J connectivity index is 1.67. The predicted molar refractivity (Wildman–Crippen MR) is 107 cm³/mol. The van der Waals surface area contributed by atoms with E-state index in [1.165, 1.54) is 36.0 Å². The average Bonchev–Trinajstić information content (AvgIpc) is 3.07. The van der Waals surface area contributed by atoms with Crippen molar-refractivity contribution in [3.8, 4) is 11.4 Å². The van der Waals surface area contributed by atoms with E-state index in [0.29, 0.717) is 23.0 Å². The fourth-order valence-corrected chi connectivity index (χ4v) is 3.30. The lowest BCUT2D eigenvalue weighted by Crippen LogP contribution is -2.09. The van der Waals surface area contributed by atoms with Gasteiger partial charge in [-0.3, -0.25) is 9.59 Å². The van der Waals surface area contributed by atoms with Gasteiger partial charge in [-0.2, -0.15) is 0 Å². The Morgan fingerprint density at radius 3 is 2.39 bits per heavy atom. The smallest absolute Gasteiger partial charge is 0.224 e. The van der Waals surface area contributed by atoms with E-state index in [1.807, 2.05) is 35.9 Å². The molecule has 0 atom stereocenters. The zero-order valence-electron chi connectivity index (χ0n) is 15.5. The van der Waals surface area contributed by atoms with Crippen LogP contribution in [0.4, 0.5) is 10.1 Å². The molecule has 0 saturated carbocycles. The number of rotatable bonds is 7. The molecule has 1 heterocycles. The highest BCUT2D eigenvalue weighted by Gasteiger charge is 2.14. The molecule has 3 rings (SSSR count). The van der Waals surface area contributed by atoms with Crippen molar-refractivity contribution in [3.63, 3.8) is 0 Å². The van der Waals surface area contributed by atoms with Gasteiger partial charge >= 0.3 is 0 Å². The topological polar surface area (TPSA) is 76.9 Å². The third kappa shape index (κ3) is 4.64. The molecule has 0 radical (unpaired) electrons. The molecule has 0 bridgehead atoms. The summed E-state index contributed by atoms with van der Waals surface area (Å²) in [7, 11) is 1.83. The molecule has 0 unspecified atom stereocenters. The van der Waals surface area contributed by atoms with Crippen molar-refractivity contribution >= 4 is 29.1 Å². The van der Waals surface area contributed by atoms with Crippen LogP contribution in [0.5, 0.6) is 0 Å². The van der Waals surface area contributed by atoms with Gasteiger partial charge in [-0.05, 0) is 48.5 Å². The Kier molecular flexibility index (Phi) is 6.20. The van der Waals surface area contributed by atoms with E-state index in [1.54, 1.807) is 6.92 Å². The zero-order valence-corrected chi connectivity index (χ0v) is 16.3. The molecule has 6 nitrogen and oxygen atoms in total. The molecule has 0 spiro atoms. The van der Waals surface area contributed by atoms with Crippen molar-refractivity contribution in [2.24, 2.45) is 7.05 Å². The lowest BCUT2D eigenvalue weighted by molar-refractivity contribution is -0.115. The number of benzene rings is 2. The monoisotopic (exact) mass is 398 g/mol. The van der Waals surface area contributed by atoms with Crippen LogP contribution in [-0.2, 0) is 11.8 Å². The maximum absolute atomic E-state index is 13.0. The molecular weight excluding hydrogens is 379 g/mol. The molecule has 8 heteroatoms. The largest absolute Gasteiger partial charge is 0.326 e. The van der Waals surface area contributed by atoms with Crippen molar-refractivity contribution < 1.29 is 14.0 Å². The van der Waals surface area contributed by atoms with Crippen LogP contribution >= 0.6 is 11.8 Å². The molecule has 28 heavy (non-hydrogen) atoms. The molecule has 0 aliphatic carbocycles. The van der Waals surface area contributed by atoms with E-state index in [0.717, 1.165) is 11.3 Å². The van der Waals surface area contributed by atoms with E-state index in [-0.39, 0.29) is 23.3 Å². The van der Waals surface area contributed by atoms with Crippen molar-refractivity contribution in [1.29, 1.82) is 0 Å². The van der Waals surface area contributed by atoms with E-state index < -0.39 is 0 Å². The minimum atomic E-state index is -0.373. The summed E-state index contributed by atoms with van der Waals surface area (Å²) in [4.78, 5) is 23.7. The highest BCUT2D eigenvalue weighted by Crippen LogP contribution is 2.24. The van der Waals surface area contributed by atoms with Crippen molar-refractivity contribution in [2.45, 2.75) is 18.5 Å². The summed E-state index contributed by atoms with van der Waals surface area (Å²) in [6.07, 6.45) is 0.419. The quantitative estimate of drug-likeness (QED) is 0.482. The van der Waals surface area contributed by atoms with Crippen molar-refractivity contribution in [3.05, 3.63) is 59.9 Å². The molecule has 1 aromatic heterocycles. The minimum absolute atomic E-state index is 0.0454. The molecule has 1 N–H and O–H groups in total. The fourth-order valence-electron chi connectivity index (χ4n) is 2.49.